The van der Waals surface area contributed by atoms with Crippen LogP contribution in [0.2, 0.25) is 0 Å². The van der Waals surface area contributed by atoms with E-state index in [0.29, 0.717) is 0 Å². The van der Waals surface area contributed by atoms with E-state index in [0.717, 1.165) is 24.4 Å². The number of nitrogens with zero attached hydrogens (tertiary/aromatic N) is 1. The summed E-state index contributed by atoms with van der Waals surface area (Å²) in [5.41, 5.74) is 2.55. The summed E-state index contributed by atoms with van der Waals surface area (Å²) in [7, 11) is 0. The molecule has 5 heteroatoms. The highest BCUT2D eigenvalue weighted by atomic mass is 79.9. The second-order valence-corrected chi connectivity index (χ2v) is 8.49. The van der Waals surface area contributed by atoms with Crippen molar-refractivity contribution >= 4 is 85.5 Å². The van der Waals surface area contributed by atoms with Gasteiger partial charge in [-0.15, -0.1) is 0 Å². The van der Waals surface area contributed by atoms with E-state index in [2.05, 4.69) is 99.5 Å². The first kappa shape index (κ1) is 16.0. The van der Waals surface area contributed by atoms with Crippen LogP contribution in [0.5, 0.6) is 0 Å². The van der Waals surface area contributed by atoms with Gasteiger partial charge in [-0.05, 0) is 94.4 Å². The summed E-state index contributed by atoms with van der Waals surface area (Å²) in [4.78, 5) is 0. The Kier molecular flexibility index (Phi) is 4.84. The van der Waals surface area contributed by atoms with Gasteiger partial charge >= 0.3 is 0 Å². The lowest BCUT2D eigenvalue weighted by molar-refractivity contribution is 0.665. The van der Waals surface area contributed by atoms with Crippen LogP contribution in [0, 0.1) is 0 Å². The Bertz CT molecular complexity index is 770. The van der Waals surface area contributed by atoms with E-state index in [9.17, 15) is 0 Å². The molecule has 1 heterocycles. The van der Waals surface area contributed by atoms with Crippen molar-refractivity contribution < 1.29 is 0 Å². The third-order valence-corrected chi connectivity index (χ3v) is 7.37. The molecular formula is C16H13Br4N. The maximum absolute atomic E-state index is 3.63. The van der Waals surface area contributed by atoms with Crippen molar-refractivity contribution in [2.24, 2.45) is 0 Å². The Morgan fingerprint density at radius 1 is 0.762 bits per heavy atom. The number of fused-ring (bicyclic) bond motifs is 3. The number of benzene rings is 2. The van der Waals surface area contributed by atoms with Crippen LogP contribution >= 0.6 is 63.7 Å². The zero-order valence-electron chi connectivity index (χ0n) is 11.4. The van der Waals surface area contributed by atoms with Crippen LogP contribution in [-0.4, -0.2) is 4.57 Å². The Hall–Kier alpha value is 0.160. The van der Waals surface area contributed by atoms with Crippen LogP contribution in [0.4, 0.5) is 0 Å². The highest BCUT2D eigenvalue weighted by molar-refractivity contribution is 9.13. The van der Waals surface area contributed by atoms with Gasteiger partial charge in [0.05, 0.1) is 11.0 Å². The molecular weight excluding hydrogens is 526 g/mol. The summed E-state index contributed by atoms with van der Waals surface area (Å²) in [6.07, 6.45) is 2.37. The topological polar surface area (TPSA) is 4.93 Å². The van der Waals surface area contributed by atoms with E-state index in [1.165, 1.54) is 34.6 Å². The van der Waals surface area contributed by atoms with Crippen LogP contribution in [0.15, 0.2) is 42.2 Å². The van der Waals surface area contributed by atoms with Crippen molar-refractivity contribution in [1.82, 2.24) is 4.57 Å². The minimum absolute atomic E-state index is 1.04. The molecule has 0 unspecified atom stereocenters. The molecule has 0 aliphatic carbocycles. The molecule has 0 amide bonds. The van der Waals surface area contributed by atoms with E-state index in [-0.39, 0.29) is 0 Å². The summed E-state index contributed by atoms with van der Waals surface area (Å²) in [5, 5.41) is 2.56. The first-order chi connectivity index (χ1) is 10.0. The van der Waals surface area contributed by atoms with Crippen molar-refractivity contribution in [3.8, 4) is 0 Å². The molecule has 0 aliphatic rings. The van der Waals surface area contributed by atoms with Gasteiger partial charge in [-0.2, -0.15) is 0 Å². The quantitative estimate of drug-likeness (QED) is 0.323. The molecule has 21 heavy (non-hydrogen) atoms. The average molecular weight is 539 g/mol. The van der Waals surface area contributed by atoms with E-state index >= 15 is 0 Å². The zero-order valence-corrected chi connectivity index (χ0v) is 17.7. The molecule has 0 atom stereocenters. The lowest BCUT2D eigenvalue weighted by Crippen LogP contribution is -1.97. The predicted octanol–water partition coefficient (Wildman–Crippen LogP) is 7.64. The fourth-order valence-corrected chi connectivity index (χ4v) is 3.99. The average Bonchev–Trinajstić information content (AvgIpc) is 2.71. The summed E-state index contributed by atoms with van der Waals surface area (Å²) in [5.74, 6) is 0. The number of hydrogen-bond acceptors (Lipinski definition) is 0. The Morgan fingerprint density at radius 2 is 1.19 bits per heavy atom. The molecule has 0 saturated heterocycles. The van der Waals surface area contributed by atoms with Crippen molar-refractivity contribution in [3.63, 3.8) is 0 Å². The molecule has 0 bridgehead atoms. The highest BCUT2D eigenvalue weighted by Crippen LogP contribution is 2.38. The third-order valence-electron chi connectivity index (χ3n) is 3.68. The highest BCUT2D eigenvalue weighted by Gasteiger charge is 2.14. The summed E-state index contributed by atoms with van der Waals surface area (Å²) in [6, 6.07) is 8.81. The monoisotopic (exact) mass is 535 g/mol. The fourth-order valence-electron chi connectivity index (χ4n) is 2.64. The SMILES string of the molecule is CCCCn1c2cc(Br)c(Br)cc2c2cc(Br)c(Br)cc21. The molecule has 1 aromatic heterocycles. The molecule has 0 spiro atoms. The van der Waals surface area contributed by atoms with Gasteiger partial charge in [0.15, 0.2) is 0 Å². The molecule has 2 aromatic carbocycles. The van der Waals surface area contributed by atoms with E-state index in [1.54, 1.807) is 0 Å². The van der Waals surface area contributed by atoms with Crippen LogP contribution in [0.3, 0.4) is 0 Å². The molecule has 1 nitrogen and oxygen atoms in total. The van der Waals surface area contributed by atoms with Gasteiger partial charge in [0.2, 0.25) is 0 Å². The van der Waals surface area contributed by atoms with Crippen molar-refractivity contribution in [2.75, 3.05) is 0 Å². The van der Waals surface area contributed by atoms with Crippen molar-refractivity contribution in [2.45, 2.75) is 26.3 Å². The van der Waals surface area contributed by atoms with Crippen LogP contribution in [-0.2, 0) is 6.54 Å². The number of aromatic nitrogens is 1. The smallest absolute Gasteiger partial charge is 0.0503 e. The van der Waals surface area contributed by atoms with Gasteiger partial charge in [0.25, 0.3) is 0 Å². The zero-order chi connectivity index (χ0) is 15.1. The number of hydrogen-bond donors (Lipinski definition) is 0. The first-order valence-electron chi connectivity index (χ1n) is 6.79. The van der Waals surface area contributed by atoms with Gasteiger partial charge in [-0.25, -0.2) is 0 Å². The predicted molar refractivity (Wildman–Crippen MR) is 105 cm³/mol. The second-order valence-electron chi connectivity index (χ2n) is 5.07. The first-order valence-corrected chi connectivity index (χ1v) is 9.96. The van der Waals surface area contributed by atoms with Gasteiger partial charge in [-0.1, -0.05) is 13.3 Å². The number of unbranched alkanes of at least 4 members (excludes halogenated alkanes) is 1. The van der Waals surface area contributed by atoms with Crippen molar-refractivity contribution in [1.29, 1.82) is 0 Å². The van der Waals surface area contributed by atoms with Gasteiger partial charge in [0, 0.05) is 35.2 Å². The van der Waals surface area contributed by atoms with Crippen LogP contribution < -0.4 is 0 Å². The molecule has 0 fully saturated rings. The van der Waals surface area contributed by atoms with Gasteiger partial charge < -0.3 is 4.57 Å². The van der Waals surface area contributed by atoms with Crippen molar-refractivity contribution in [3.05, 3.63) is 42.2 Å². The lowest BCUT2D eigenvalue weighted by Gasteiger charge is -2.07. The largest absolute Gasteiger partial charge is 0.340 e. The Labute approximate surface area is 157 Å². The standard InChI is InChI=1S/C16H13Br4N/c1-2-3-4-21-15-7-13(19)11(17)5-9(15)10-6-12(18)14(20)8-16(10)21/h5-8H,2-4H2,1H3. The molecule has 0 radical (unpaired) electrons. The third kappa shape index (κ3) is 2.87. The van der Waals surface area contributed by atoms with Crippen LogP contribution in [0.25, 0.3) is 21.8 Å². The minimum Gasteiger partial charge on any atom is -0.340 e. The summed E-state index contributed by atoms with van der Waals surface area (Å²) >= 11 is 14.5. The molecule has 110 valence electrons. The van der Waals surface area contributed by atoms with E-state index < -0.39 is 0 Å². The fraction of sp³-hybridized carbons (Fsp3) is 0.250. The summed E-state index contributed by atoms with van der Waals surface area (Å²) < 4.78 is 6.78. The summed E-state index contributed by atoms with van der Waals surface area (Å²) in [6.45, 7) is 3.27. The Balaban J connectivity index is 2.42. The Morgan fingerprint density at radius 3 is 1.62 bits per heavy atom. The maximum Gasteiger partial charge on any atom is 0.0503 e. The number of halogens is 4. The van der Waals surface area contributed by atoms with Crippen LogP contribution in [0.1, 0.15) is 19.8 Å². The molecule has 0 saturated carbocycles. The van der Waals surface area contributed by atoms with Gasteiger partial charge in [-0.3, -0.25) is 0 Å². The second kappa shape index (κ2) is 6.34. The van der Waals surface area contributed by atoms with E-state index in [1.807, 2.05) is 0 Å². The van der Waals surface area contributed by atoms with E-state index in [4.69, 9.17) is 0 Å². The van der Waals surface area contributed by atoms with Gasteiger partial charge in [0.1, 0.15) is 0 Å². The number of aryl methyl sites for hydroxylation is 1. The molecule has 0 N–H and O–H groups in total. The molecule has 3 rings (SSSR count). The number of rotatable bonds is 3. The minimum atomic E-state index is 1.04. The molecule has 0 aliphatic heterocycles. The molecule has 3 aromatic rings. The normalized spacial score (nSPS) is 11.7. The lowest BCUT2D eigenvalue weighted by atomic mass is 10.1. The maximum atomic E-state index is 3.63.